The molecule has 1 atom stereocenters. The van der Waals surface area contributed by atoms with E-state index in [9.17, 15) is 9.59 Å². The van der Waals surface area contributed by atoms with E-state index in [1.165, 1.54) is 12.8 Å². The number of ether oxygens (including phenoxy) is 1. The molecule has 1 aromatic heterocycles. The second-order valence-corrected chi connectivity index (χ2v) is 9.93. The number of likely N-dealkylation sites (tertiary alicyclic amines) is 1. The molecule has 1 saturated carbocycles. The van der Waals surface area contributed by atoms with E-state index in [4.69, 9.17) is 4.74 Å². The molecule has 0 spiro atoms. The van der Waals surface area contributed by atoms with Crippen molar-refractivity contribution in [1.29, 1.82) is 0 Å². The van der Waals surface area contributed by atoms with Crippen LogP contribution >= 0.6 is 0 Å². The molecular weight excluding hydrogens is 416 g/mol. The summed E-state index contributed by atoms with van der Waals surface area (Å²) >= 11 is 0. The molecule has 1 N–H and O–H groups in total. The molecule has 0 unspecified atom stereocenters. The molecular formula is C26H34N4O3. The Morgan fingerprint density at radius 2 is 1.76 bits per heavy atom. The van der Waals surface area contributed by atoms with Gasteiger partial charge in [-0.3, -0.25) is 9.59 Å². The predicted molar refractivity (Wildman–Crippen MR) is 124 cm³/mol. The molecule has 0 radical (unpaired) electrons. The van der Waals surface area contributed by atoms with Gasteiger partial charge in [0, 0.05) is 25.0 Å². The first-order valence-corrected chi connectivity index (χ1v) is 12.4. The molecule has 2 aromatic rings. The van der Waals surface area contributed by atoms with E-state index >= 15 is 0 Å². The lowest BCUT2D eigenvalue weighted by molar-refractivity contribution is -0.127. The molecule has 2 amide bonds. The molecule has 1 aliphatic carbocycles. The van der Waals surface area contributed by atoms with Crippen LogP contribution in [0.4, 0.5) is 0 Å². The molecule has 2 aliphatic heterocycles. The quantitative estimate of drug-likeness (QED) is 0.771. The maximum absolute atomic E-state index is 13.2. The van der Waals surface area contributed by atoms with Gasteiger partial charge in [0.1, 0.15) is 6.10 Å². The van der Waals surface area contributed by atoms with Gasteiger partial charge in [0.05, 0.1) is 25.2 Å². The van der Waals surface area contributed by atoms with Gasteiger partial charge in [-0.25, -0.2) is 4.98 Å². The fourth-order valence-electron chi connectivity index (χ4n) is 5.39. The highest BCUT2D eigenvalue weighted by Crippen LogP contribution is 2.29. The van der Waals surface area contributed by atoms with Crippen molar-refractivity contribution in [3.8, 4) is 0 Å². The topological polar surface area (TPSA) is 76.5 Å². The van der Waals surface area contributed by atoms with Gasteiger partial charge < -0.3 is 19.5 Å². The van der Waals surface area contributed by atoms with E-state index in [2.05, 4.69) is 29.4 Å². The number of piperidine rings is 1. The third-order valence-corrected chi connectivity index (χ3v) is 7.62. The van der Waals surface area contributed by atoms with Crippen LogP contribution in [0.25, 0.3) is 0 Å². The van der Waals surface area contributed by atoms with E-state index in [1.807, 2.05) is 27.7 Å². The van der Waals surface area contributed by atoms with Crippen molar-refractivity contribution in [3.63, 3.8) is 0 Å². The average molecular weight is 451 g/mol. The first-order chi connectivity index (χ1) is 16.1. The average Bonchev–Trinajstić information content (AvgIpc) is 3.29. The molecule has 33 heavy (non-hydrogen) atoms. The van der Waals surface area contributed by atoms with Crippen LogP contribution in [0.1, 0.15) is 73.3 Å². The Morgan fingerprint density at radius 3 is 2.48 bits per heavy atom. The maximum atomic E-state index is 13.2. The fraction of sp³-hybridized carbons (Fsp3) is 0.577. The van der Waals surface area contributed by atoms with Crippen molar-refractivity contribution in [1.82, 2.24) is 19.8 Å². The Morgan fingerprint density at radius 1 is 1.03 bits per heavy atom. The third kappa shape index (κ3) is 4.83. The van der Waals surface area contributed by atoms with Crippen molar-refractivity contribution >= 4 is 11.8 Å². The number of carbonyl (C=O) groups excluding carboxylic acids is 2. The number of benzene rings is 1. The zero-order valence-electron chi connectivity index (χ0n) is 19.4. The minimum atomic E-state index is -0.0503. The monoisotopic (exact) mass is 450 g/mol. The van der Waals surface area contributed by atoms with E-state index in [-0.39, 0.29) is 23.8 Å². The Bertz CT molecular complexity index is 973. The summed E-state index contributed by atoms with van der Waals surface area (Å²) in [6, 6.07) is 10.5. The number of imidazole rings is 1. The van der Waals surface area contributed by atoms with Crippen molar-refractivity contribution in [2.75, 3.05) is 13.1 Å². The fourth-order valence-corrected chi connectivity index (χ4v) is 5.39. The van der Waals surface area contributed by atoms with Gasteiger partial charge in [0.15, 0.2) is 5.69 Å². The summed E-state index contributed by atoms with van der Waals surface area (Å²) < 4.78 is 8.11. The van der Waals surface area contributed by atoms with Crippen molar-refractivity contribution in [2.24, 2.45) is 11.8 Å². The van der Waals surface area contributed by atoms with Crippen molar-refractivity contribution in [3.05, 3.63) is 53.6 Å². The first-order valence-electron chi connectivity index (χ1n) is 12.4. The van der Waals surface area contributed by atoms with Gasteiger partial charge in [0.25, 0.3) is 5.91 Å². The molecule has 176 valence electrons. The summed E-state index contributed by atoms with van der Waals surface area (Å²) in [7, 11) is 0. The Hall–Kier alpha value is -2.67. The van der Waals surface area contributed by atoms with Crippen LogP contribution in [0.2, 0.25) is 0 Å². The highest BCUT2D eigenvalue weighted by Gasteiger charge is 2.33. The van der Waals surface area contributed by atoms with Crippen LogP contribution in [-0.2, 0) is 22.7 Å². The van der Waals surface area contributed by atoms with E-state index in [0.29, 0.717) is 50.8 Å². The maximum Gasteiger partial charge on any atom is 0.274 e. The van der Waals surface area contributed by atoms with Crippen molar-refractivity contribution in [2.45, 2.75) is 70.7 Å². The van der Waals surface area contributed by atoms with Crippen LogP contribution in [-0.4, -0.2) is 45.4 Å². The van der Waals surface area contributed by atoms with Gasteiger partial charge in [0.2, 0.25) is 5.91 Å². The Balaban J connectivity index is 1.15. The molecule has 1 saturated heterocycles. The minimum Gasteiger partial charge on any atom is -0.365 e. The number of nitrogens with zero attached hydrogens (tertiary/aromatic N) is 3. The first kappa shape index (κ1) is 22.1. The summed E-state index contributed by atoms with van der Waals surface area (Å²) in [5.74, 6) is 0.891. The number of nitrogens with one attached hydrogen (secondary N) is 1. The van der Waals surface area contributed by atoms with Crippen LogP contribution < -0.4 is 5.32 Å². The van der Waals surface area contributed by atoms with Crippen LogP contribution in [0.5, 0.6) is 0 Å². The van der Waals surface area contributed by atoms with Gasteiger partial charge in [-0.05, 0) is 50.0 Å². The highest BCUT2D eigenvalue weighted by molar-refractivity contribution is 5.93. The van der Waals surface area contributed by atoms with Gasteiger partial charge in [-0.2, -0.15) is 0 Å². The zero-order valence-corrected chi connectivity index (χ0v) is 19.4. The van der Waals surface area contributed by atoms with Gasteiger partial charge in [-0.15, -0.1) is 0 Å². The van der Waals surface area contributed by atoms with Crippen molar-refractivity contribution < 1.29 is 14.3 Å². The normalized spacial score (nSPS) is 26.0. The summed E-state index contributed by atoms with van der Waals surface area (Å²) in [5, 5.41) is 3.26. The number of hydrogen-bond acceptors (Lipinski definition) is 4. The van der Waals surface area contributed by atoms with Gasteiger partial charge >= 0.3 is 0 Å². The summed E-state index contributed by atoms with van der Waals surface area (Å²) in [6.07, 6.45) is 7.72. The van der Waals surface area contributed by atoms with E-state index in [1.54, 1.807) is 6.33 Å². The molecule has 3 heterocycles. The zero-order chi connectivity index (χ0) is 22.8. The smallest absolute Gasteiger partial charge is 0.274 e. The number of hydrogen-bond donors (Lipinski definition) is 1. The summed E-state index contributed by atoms with van der Waals surface area (Å²) in [4.78, 5) is 32.2. The second-order valence-electron chi connectivity index (χ2n) is 9.93. The third-order valence-electron chi connectivity index (χ3n) is 7.62. The minimum absolute atomic E-state index is 0.000671. The molecule has 5 rings (SSSR count). The lowest BCUT2D eigenvalue weighted by Crippen LogP contribution is -2.46. The van der Waals surface area contributed by atoms with Gasteiger partial charge in [-0.1, -0.05) is 37.3 Å². The number of carbonyl (C=O) groups is 2. The molecule has 7 heteroatoms. The molecule has 3 aliphatic rings. The number of rotatable bonds is 4. The van der Waals surface area contributed by atoms with E-state index < -0.39 is 0 Å². The van der Waals surface area contributed by atoms with Crippen LogP contribution in [0.3, 0.4) is 0 Å². The SMILES string of the molecule is CC1CCC(NC(=O)C2CCN(C(=O)c3ncn4c3CO[C@H](c3ccccc3)C4)CC2)CC1. The summed E-state index contributed by atoms with van der Waals surface area (Å²) in [5.41, 5.74) is 2.46. The number of aromatic nitrogens is 2. The Kier molecular flexibility index (Phi) is 6.49. The van der Waals surface area contributed by atoms with Crippen LogP contribution in [0.15, 0.2) is 36.7 Å². The number of fused-ring (bicyclic) bond motifs is 1. The molecule has 0 bridgehead atoms. The summed E-state index contributed by atoms with van der Waals surface area (Å²) in [6.45, 7) is 4.51. The largest absolute Gasteiger partial charge is 0.365 e. The number of amides is 2. The predicted octanol–water partition coefficient (Wildman–Crippen LogP) is 3.70. The van der Waals surface area contributed by atoms with Crippen LogP contribution in [0, 0.1) is 11.8 Å². The molecule has 1 aromatic carbocycles. The molecule has 7 nitrogen and oxygen atoms in total. The second kappa shape index (κ2) is 9.67. The standard InChI is InChI=1S/C26H34N4O3/c1-18-7-9-21(10-8-18)28-25(31)20-11-13-29(14-12-20)26(32)24-22-16-33-23(15-30(22)17-27-24)19-5-3-2-4-6-19/h2-6,17-18,20-21,23H,7-16H2,1H3,(H,28,31)/t18?,21?,23-/m0/s1. The lowest BCUT2D eigenvalue weighted by atomic mass is 9.86. The lowest BCUT2D eigenvalue weighted by Gasteiger charge is -2.33. The highest BCUT2D eigenvalue weighted by atomic mass is 16.5. The van der Waals surface area contributed by atoms with E-state index in [0.717, 1.165) is 30.0 Å². The Labute approximate surface area is 195 Å². The molecule has 2 fully saturated rings.